The monoisotopic (exact) mass is 336 g/mol. The number of hydrogen-bond acceptors (Lipinski definition) is 3. The van der Waals surface area contributed by atoms with E-state index in [0.717, 1.165) is 19.0 Å². The van der Waals surface area contributed by atoms with Crippen molar-refractivity contribution in [3.63, 3.8) is 0 Å². The number of furan rings is 1. The molecule has 4 N–H and O–H groups in total. The molecule has 0 spiro atoms. The van der Waals surface area contributed by atoms with Crippen LogP contribution in [0.15, 0.2) is 21.5 Å². The van der Waals surface area contributed by atoms with E-state index >= 15 is 0 Å². The lowest BCUT2D eigenvalue weighted by atomic mass is 9.87. The average molecular weight is 336 g/mol. The van der Waals surface area contributed by atoms with Gasteiger partial charge in [0.2, 0.25) is 0 Å². The van der Waals surface area contributed by atoms with Crippen molar-refractivity contribution in [2.75, 3.05) is 13.1 Å². The van der Waals surface area contributed by atoms with Crippen molar-refractivity contribution in [1.29, 1.82) is 0 Å². The zero-order valence-corrected chi connectivity index (χ0v) is 15.4. The minimum Gasteiger partial charge on any atom is -0.454 e. The Morgan fingerprint density at radius 1 is 1.25 bits per heavy atom. The summed E-state index contributed by atoms with van der Waals surface area (Å²) < 4.78 is 5.35. The fourth-order valence-corrected chi connectivity index (χ4v) is 2.36. The van der Waals surface area contributed by atoms with Gasteiger partial charge in [0.15, 0.2) is 11.7 Å². The molecule has 1 aromatic rings. The molecule has 6 heteroatoms. The van der Waals surface area contributed by atoms with Gasteiger partial charge in [-0.2, -0.15) is 0 Å². The summed E-state index contributed by atoms with van der Waals surface area (Å²) in [5.74, 6) is 0.959. The molecule has 0 aliphatic rings. The predicted molar refractivity (Wildman–Crippen MR) is 98.0 cm³/mol. The lowest BCUT2D eigenvalue weighted by Gasteiger charge is -2.26. The smallest absolute Gasteiger partial charge is 0.284 e. The van der Waals surface area contributed by atoms with Gasteiger partial charge in [0, 0.05) is 13.1 Å². The summed E-state index contributed by atoms with van der Waals surface area (Å²) in [6.07, 6.45) is 4.96. The highest BCUT2D eigenvalue weighted by Gasteiger charge is 2.17. The van der Waals surface area contributed by atoms with Crippen LogP contribution in [0.2, 0.25) is 0 Å². The van der Waals surface area contributed by atoms with Crippen LogP contribution >= 0.6 is 0 Å². The molecule has 1 rings (SSSR count). The van der Waals surface area contributed by atoms with Crippen LogP contribution in [0, 0.1) is 5.41 Å². The number of hydrogen-bond donors (Lipinski definition) is 3. The normalized spacial score (nSPS) is 12.2. The van der Waals surface area contributed by atoms with Crippen molar-refractivity contribution in [1.82, 2.24) is 10.6 Å². The van der Waals surface area contributed by atoms with Gasteiger partial charge >= 0.3 is 0 Å². The van der Waals surface area contributed by atoms with Crippen molar-refractivity contribution in [2.24, 2.45) is 16.1 Å². The Labute approximate surface area is 145 Å². The summed E-state index contributed by atoms with van der Waals surface area (Å²) in [5.41, 5.74) is 5.40. The molecule has 6 nitrogen and oxygen atoms in total. The van der Waals surface area contributed by atoms with E-state index in [0.29, 0.717) is 12.3 Å². The largest absolute Gasteiger partial charge is 0.454 e. The van der Waals surface area contributed by atoms with Crippen LogP contribution in [0.5, 0.6) is 0 Å². The molecule has 24 heavy (non-hydrogen) atoms. The number of amides is 1. The topological polar surface area (TPSA) is 92.6 Å². The van der Waals surface area contributed by atoms with Gasteiger partial charge in [0.25, 0.3) is 5.91 Å². The minimum absolute atomic E-state index is 0.162. The first-order valence-electron chi connectivity index (χ1n) is 8.78. The van der Waals surface area contributed by atoms with Gasteiger partial charge in [-0.05, 0) is 30.9 Å². The minimum atomic E-state index is -0.566. The Bertz CT molecular complexity index is 535. The summed E-state index contributed by atoms with van der Waals surface area (Å²) in [7, 11) is 0. The standard InChI is InChI=1S/C18H32N4O2/c1-5-7-8-11-18(3,4)13-22-17(20-6-2)21-12-14-9-10-15(24-14)16(19)23/h9-10H,5-8,11-13H2,1-4H3,(H2,19,23)(H2,20,21,22). The van der Waals surface area contributed by atoms with Crippen LogP contribution in [-0.4, -0.2) is 25.0 Å². The summed E-state index contributed by atoms with van der Waals surface area (Å²) in [5, 5.41) is 6.62. The highest BCUT2D eigenvalue weighted by Crippen LogP contribution is 2.22. The lowest BCUT2D eigenvalue weighted by molar-refractivity contribution is 0.0972. The second-order valence-electron chi connectivity index (χ2n) is 6.80. The maximum atomic E-state index is 11.0. The number of primary amides is 1. The number of nitrogens with two attached hydrogens (primary N) is 1. The van der Waals surface area contributed by atoms with Crippen LogP contribution < -0.4 is 16.4 Å². The third-order valence-corrected chi connectivity index (χ3v) is 3.83. The molecule has 0 radical (unpaired) electrons. The summed E-state index contributed by atoms with van der Waals surface area (Å²) >= 11 is 0. The van der Waals surface area contributed by atoms with Gasteiger partial charge in [-0.15, -0.1) is 0 Å². The fraction of sp³-hybridized carbons (Fsp3) is 0.667. The number of guanidine groups is 1. The van der Waals surface area contributed by atoms with E-state index in [1.54, 1.807) is 12.1 Å². The van der Waals surface area contributed by atoms with E-state index in [1.807, 2.05) is 6.92 Å². The van der Waals surface area contributed by atoms with Crippen LogP contribution in [0.25, 0.3) is 0 Å². The first kappa shape index (κ1) is 20.1. The van der Waals surface area contributed by atoms with E-state index < -0.39 is 5.91 Å². The van der Waals surface area contributed by atoms with Gasteiger partial charge in [0.05, 0.1) is 0 Å². The number of unbranched alkanes of at least 4 members (excludes halogenated alkanes) is 2. The second-order valence-corrected chi connectivity index (χ2v) is 6.80. The number of rotatable bonds is 10. The van der Waals surface area contributed by atoms with Crippen molar-refractivity contribution in [3.05, 3.63) is 23.7 Å². The van der Waals surface area contributed by atoms with Gasteiger partial charge in [0.1, 0.15) is 12.3 Å². The summed E-state index contributed by atoms with van der Waals surface area (Å²) in [4.78, 5) is 15.5. The SMILES string of the molecule is CCCCCC(C)(C)CNC(=NCc1ccc(C(N)=O)o1)NCC. The molecular weight excluding hydrogens is 304 g/mol. The Balaban J connectivity index is 2.56. The first-order chi connectivity index (χ1) is 11.4. The molecule has 0 saturated heterocycles. The molecule has 0 aliphatic heterocycles. The number of nitrogens with one attached hydrogen (secondary N) is 2. The third kappa shape index (κ3) is 7.53. The quantitative estimate of drug-likeness (QED) is 0.348. The van der Waals surface area contributed by atoms with E-state index in [1.165, 1.54) is 25.7 Å². The number of carbonyl (C=O) groups excluding carboxylic acids is 1. The van der Waals surface area contributed by atoms with Gasteiger partial charge in [-0.3, -0.25) is 4.79 Å². The first-order valence-corrected chi connectivity index (χ1v) is 8.78. The molecule has 0 aromatic carbocycles. The molecular formula is C18H32N4O2. The summed E-state index contributed by atoms with van der Waals surface area (Å²) in [6, 6.07) is 3.30. The molecule has 136 valence electrons. The molecule has 0 atom stereocenters. The van der Waals surface area contributed by atoms with E-state index in [9.17, 15) is 4.79 Å². The molecule has 1 amide bonds. The van der Waals surface area contributed by atoms with Gasteiger partial charge in [-0.25, -0.2) is 4.99 Å². The van der Waals surface area contributed by atoms with E-state index in [2.05, 4.69) is 36.4 Å². The maximum Gasteiger partial charge on any atom is 0.284 e. The Kier molecular flexibility index (Phi) is 8.36. The van der Waals surface area contributed by atoms with Crippen LogP contribution in [0.3, 0.4) is 0 Å². The van der Waals surface area contributed by atoms with E-state index in [-0.39, 0.29) is 11.2 Å². The van der Waals surface area contributed by atoms with Gasteiger partial charge in [-0.1, -0.05) is 40.0 Å². The maximum absolute atomic E-state index is 11.0. The van der Waals surface area contributed by atoms with Crippen LogP contribution in [-0.2, 0) is 6.54 Å². The summed E-state index contributed by atoms with van der Waals surface area (Å²) in [6.45, 7) is 10.8. The molecule has 1 aromatic heterocycles. The molecule has 0 bridgehead atoms. The average Bonchev–Trinajstić information content (AvgIpc) is 2.99. The number of carbonyl (C=O) groups is 1. The van der Waals surface area contributed by atoms with Crippen LogP contribution in [0.4, 0.5) is 0 Å². The molecule has 0 unspecified atom stereocenters. The Hall–Kier alpha value is -1.98. The zero-order chi connectivity index (χ0) is 18.0. The van der Waals surface area contributed by atoms with Gasteiger partial charge < -0.3 is 20.8 Å². The highest BCUT2D eigenvalue weighted by atomic mass is 16.3. The zero-order valence-electron chi connectivity index (χ0n) is 15.4. The lowest BCUT2D eigenvalue weighted by Crippen LogP contribution is -2.42. The third-order valence-electron chi connectivity index (χ3n) is 3.83. The van der Waals surface area contributed by atoms with Crippen LogP contribution in [0.1, 0.15) is 69.7 Å². The predicted octanol–water partition coefficient (Wildman–Crippen LogP) is 3.04. The number of aliphatic imine (C=N–C) groups is 1. The number of nitrogens with zero attached hydrogens (tertiary/aromatic N) is 1. The fourth-order valence-electron chi connectivity index (χ4n) is 2.36. The molecule has 1 heterocycles. The second kappa shape index (κ2) is 10.0. The highest BCUT2D eigenvalue weighted by molar-refractivity contribution is 5.89. The van der Waals surface area contributed by atoms with Crippen molar-refractivity contribution in [3.8, 4) is 0 Å². The van der Waals surface area contributed by atoms with Crippen molar-refractivity contribution >= 4 is 11.9 Å². The van der Waals surface area contributed by atoms with Crippen molar-refractivity contribution < 1.29 is 9.21 Å². The molecule has 0 aliphatic carbocycles. The molecule has 0 saturated carbocycles. The Morgan fingerprint density at radius 3 is 2.58 bits per heavy atom. The van der Waals surface area contributed by atoms with Crippen molar-refractivity contribution in [2.45, 2.75) is 59.9 Å². The Morgan fingerprint density at radius 2 is 2.00 bits per heavy atom. The molecule has 0 fully saturated rings. The van der Waals surface area contributed by atoms with E-state index in [4.69, 9.17) is 10.2 Å².